The summed E-state index contributed by atoms with van der Waals surface area (Å²) in [6.07, 6.45) is 1.61. The predicted molar refractivity (Wildman–Crippen MR) is 67.8 cm³/mol. The number of carboxylic acid groups (broad SMARTS) is 1. The molecule has 0 spiro atoms. The maximum Gasteiger partial charge on any atom is 0.311 e. The molecule has 0 fully saturated rings. The Morgan fingerprint density at radius 2 is 2.39 bits per heavy atom. The molecule has 2 aromatic rings. The third-order valence-electron chi connectivity index (χ3n) is 2.66. The van der Waals surface area contributed by atoms with E-state index in [1.54, 1.807) is 19.3 Å². The number of allylic oxidation sites excluding steroid dienone is 1. The van der Waals surface area contributed by atoms with Crippen molar-refractivity contribution < 1.29 is 14.6 Å². The van der Waals surface area contributed by atoms with Crippen LogP contribution in [-0.2, 0) is 17.8 Å². The number of benzene rings is 1. The summed E-state index contributed by atoms with van der Waals surface area (Å²) >= 11 is 0. The highest BCUT2D eigenvalue weighted by molar-refractivity contribution is 5.79. The number of aromatic nitrogens is 2. The molecule has 1 N–H and O–H groups in total. The lowest BCUT2D eigenvalue weighted by molar-refractivity contribution is -0.136. The summed E-state index contributed by atoms with van der Waals surface area (Å²) in [5.41, 5.74) is 1.61. The molecule has 18 heavy (non-hydrogen) atoms. The largest absolute Gasteiger partial charge is 0.497 e. The van der Waals surface area contributed by atoms with Crippen LogP contribution in [0.4, 0.5) is 0 Å². The molecule has 0 radical (unpaired) electrons. The van der Waals surface area contributed by atoms with Crippen molar-refractivity contribution >= 4 is 17.0 Å². The fraction of sp³-hybridized carbons (Fsp3) is 0.231. The minimum Gasteiger partial charge on any atom is -0.497 e. The second-order valence-electron chi connectivity index (χ2n) is 3.85. The van der Waals surface area contributed by atoms with Crippen molar-refractivity contribution in [1.82, 2.24) is 9.55 Å². The van der Waals surface area contributed by atoms with Gasteiger partial charge in [-0.05, 0) is 12.1 Å². The molecule has 0 atom stereocenters. The Hall–Kier alpha value is -2.30. The van der Waals surface area contributed by atoms with Gasteiger partial charge in [0.2, 0.25) is 0 Å². The Bertz CT molecular complexity index is 602. The summed E-state index contributed by atoms with van der Waals surface area (Å²) in [7, 11) is 1.58. The molecular weight excluding hydrogens is 232 g/mol. The highest BCUT2D eigenvalue weighted by Crippen LogP contribution is 2.22. The quantitative estimate of drug-likeness (QED) is 0.818. The first-order valence-electron chi connectivity index (χ1n) is 5.51. The van der Waals surface area contributed by atoms with E-state index in [9.17, 15) is 4.79 Å². The molecule has 0 amide bonds. The van der Waals surface area contributed by atoms with E-state index in [2.05, 4.69) is 11.6 Å². The zero-order valence-corrected chi connectivity index (χ0v) is 10.1. The third-order valence-corrected chi connectivity index (χ3v) is 2.66. The van der Waals surface area contributed by atoms with Gasteiger partial charge < -0.3 is 14.4 Å². The lowest BCUT2D eigenvalue weighted by Crippen LogP contribution is -2.08. The molecule has 0 unspecified atom stereocenters. The van der Waals surface area contributed by atoms with Gasteiger partial charge in [0.25, 0.3) is 0 Å². The number of imidazole rings is 1. The van der Waals surface area contributed by atoms with E-state index in [1.165, 1.54) is 0 Å². The number of fused-ring (bicyclic) bond motifs is 1. The van der Waals surface area contributed by atoms with Crippen LogP contribution in [0.2, 0.25) is 0 Å². The third kappa shape index (κ3) is 2.20. The summed E-state index contributed by atoms with van der Waals surface area (Å²) in [5.74, 6) is 0.320. The molecule has 94 valence electrons. The summed E-state index contributed by atoms with van der Waals surface area (Å²) in [4.78, 5) is 15.2. The van der Waals surface area contributed by atoms with Gasteiger partial charge in [-0.15, -0.1) is 6.58 Å². The number of carboxylic acids is 1. The number of hydrogen-bond donors (Lipinski definition) is 1. The first kappa shape index (κ1) is 12.2. The Morgan fingerprint density at radius 1 is 1.61 bits per heavy atom. The van der Waals surface area contributed by atoms with Crippen LogP contribution in [0.3, 0.4) is 0 Å². The second-order valence-corrected chi connectivity index (χ2v) is 3.85. The molecule has 0 aliphatic heterocycles. The lowest BCUT2D eigenvalue weighted by atomic mass is 10.3. The number of nitrogens with zero attached hydrogens (tertiary/aromatic N) is 2. The molecule has 2 rings (SSSR count). The molecule has 0 saturated heterocycles. The van der Waals surface area contributed by atoms with E-state index in [1.807, 2.05) is 16.7 Å². The number of ether oxygens (including phenoxy) is 1. The van der Waals surface area contributed by atoms with Gasteiger partial charge in [0.05, 0.1) is 18.1 Å². The van der Waals surface area contributed by atoms with Crippen molar-refractivity contribution in [3.63, 3.8) is 0 Å². The fourth-order valence-corrected chi connectivity index (χ4v) is 1.89. The normalized spacial score (nSPS) is 10.5. The molecule has 1 aromatic heterocycles. The zero-order chi connectivity index (χ0) is 13.1. The number of hydrogen-bond acceptors (Lipinski definition) is 3. The lowest BCUT2D eigenvalue weighted by Gasteiger charge is -2.04. The molecule has 1 heterocycles. The van der Waals surface area contributed by atoms with Crippen molar-refractivity contribution in [3.05, 3.63) is 36.7 Å². The SMILES string of the molecule is C=CCn1c(CC(=O)O)nc2cc(OC)ccc21. The Kier molecular flexibility index (Phi) is 3.32. The summed E-state index contributed by atoms with van der Waals surface area (Å²) < 4.78 is 6.97. The molecule has 5 heteroatoms. The van der Waals surface area contributed by atoms with Gasteiger partial charge in [0, 0.05) is 12.6 Å². The molecule has 0 aliphatic rings. The summed E-state index contributed by atoms with van der Waals surface area (Å²) in [6.45, 7) is 4.21. The van der Waals surface area contributed by atoms with Crippen molar-refractivity contribution in [2.45, 2.75) is 13.0 Å². The van der Waals surface area contributed by atoms with E-state index in [0.29, 0.717) is 18.1 Å². The van der Waals surface area contributed by atoms with Crippen LogP contribution in [0.25, 0.3) is 11.0 Å². The number of carbonyl (C=O) groups is 1. The number of rotatable bonds is 5. The van der Waals surface area contributed by atoms with Crippen LogP contribution in [0, 0.1) is 0 Å². The van der Waals surface area contributed by atoms with Crippen LogP contribution in [0.15, 0.2) is 30.9 Å². The standard InChI is InChI=1S/C13H14N2O3/c1-3-6-15-11-5-4-9(18-2)7-10(11)14-12(15)8-13(16)17/h3-5,7H,1,6,8H2,2H3,(H,16,17). The minimum absolute atomic E-state index is 0.106. The van der Waals surface area contributed by atoms with E-state index < -0.39 is 5.97 Å². The van der Waals surface area contributed by atoms with Gasteiger partial charge >= 0.3 is 5.97 Å². The zero-order valence-electron chi connectivity index (χ0n) is 10.1. The van der Waals surface area contributed by atoms with Crippen LogP contribution in [0.1, 0.15) is 5.82 Å². The van der Waals surface area contributed by atoms with Gasteiger partial charge in [0.15, 0.2) is 0 Å². The molecule has 1 aromatic carbocycles. The average Bonchev–Trinajstić information content (AvgIpc) is 2.66. The number of methoxy groups -OCH3 is 1. The van der Waals surface area contributed by atoms with Crippen molar-refractivity contribution in [1.29, 1.82) is 0 Å². The van der Waals surface area contributed by atoms with Gasteiger partial charge in [-0.25, -0.2) is 4.98 Å². The first-order valence-corrected chi connectivity index (χ1v) is 5.51. The Morgan fingerprint density at radius 3 is 3.00 bits per heavy atom. The summed E-state index contributed by atoms with van der Waals surface area (Å²) in [6, 6.07) is 5.49. The number of aliphatic carboxylic acids is 1. The van der Waals surface area contributed by atoms with Crippen LogP contribution in [-0.4, -0.2) is 27.7 Å². The van der Waals surface area contributed by atoms with E-state index in [0.717, 1.165) is 11.0 Å². The van der Waals surface area contributed by atoms with Crippen molar-refractivity contribution in [3.8, 4) is 5.75 Å². The molecule has 0 bridgehead atoms. The van der Waals surface area contributed by atoms with E-state index in [4.69, 9.17) is 9.84 Å². The van der Waals surface area contributed by atoms with Crippen LogP contribution >= 0.6 is 0 Å². The highest BCUT2D eigenvalue weighted by atomic mass is 16.5. The Labute approximate surface area is 104 Å². The minimum atomic E-state index is -0.900. The van der Waals surface area contributed by atoms with E-state index in [-0.39, 0.29) is 6.42 Å². The summed E-state index contributed by atoms with van der Waals surface area (Å²) in [5, 5.41) is 8.88. The van der Waals surface area contributed by atoms with E-state index >= 15 is 0 Å². The van der Waals surface area contributed by atoms with Gasteiger partial charge in [-0.3, -0.25) is 4.79 Å². The molecular formula is C13H14N2O3. The second kappa shape index (κ2) is 4.91. The van der Waals surface area contributed by atoms with Crippen LogP contribution in [0.5, 0.6) is 5.75 Å². The molecule has 0 saturated carbocycles. The smallest absolute Gasteiger partial charge is 0.311 e. The predicted octanol–water partition coefficient (Wildman–Crippen LogP) is 1.86. The van der Waals surface area contributed by atoms with Gasteiger partial charge in [-0.1, -0.05) is 6.08 Å². The van der Waals surface area contributed by atoms with Gasteiger partial charge in [-0.2, -0.15) is 0 Å². The maximum atomic E-state index is 10.8. The monoisotopic (exact) mass is 246 g/mol. The van der Waals surface area contributed by atoms with Crippen molar-refractivity contribution in [2.75, 3.05) is 7.11 Å². The Balaban J connectivity index is 2.57. The van der Waals surface area contributed by atoms with Crippen molar-refractivity contribution in [2.24, 2.45) is 0 Å². The highest BCUT2D eigenvalue weighted by Gasteiger charge is 2.13. The first-order chi connectivity index (χ1) is 8.65. The maximum absolute atomic E-state index is 10.8. The van der Waals surface area contributed by atoms with Crippen LogP contribution < -0.4 is 4.74 Å². The topological polar surface area (TPSA) is 64.4 Å². The van der Waals surface area contributed by atoms with Gasteiger partial charge in [0.1, 0.15) is 18.0 Å². The molecule has 5 nitrogen and oxygen atoms in total. The molecule has 0 aliphatic carbocycles. The fourth-order valence-electron chi connectivity index (χ4n) is 1.89. The average molecular weight is 246 g/mol.